The molecule has 2 atom stereocenters. The van der Waals surface area contributed by atoms with E-state index in [0.29, 0.717) is 18.7 Å². The molecule has 5 heteroatoms. The van der Waals surface area contributed by atoms with E-state index in [1.54, 1.807) is 0 Å². The SMILES string of the molecule is CCCOCC(=O)N1CC(C)NC(C)C1.Cl. The highest BCUT2D eigenvalue weighted by Gasteiger charge is 2.24. The Morgan fingerprint density at radius 1 is 1.38 bits per heavy atom. The van der Waals surface area contributed by atoms with E-state index in [2.05, 4.69) is 19.2 Å². The van der Waals surface area contributed by atoms with Gasteiger partial charge in [0.2, 0.25) is 5.91 Å². The number of halogens is 1. The fraction of sp³-hybridized carbons (Fsp3) is 0.909. The fourth-order valence-corrected chi connectivity index (χ4v) is 1.93. The van der Waals surface area contributed by atoms with Crippen molar-refractivity contribution in [3.63, 3.8) is 0 Å². The van der Waals surface area contributed by atoms with Crippen LogP contribution in [0.15, 0.2) is 0 Å². The van der Waals surface area contributed by atoms with Gasteiger partial charge < -0.3 is 15.0 Å². The summed E-state index contributed by atoms with van der Waals surface area (Å²) in [5.74, 6) is 0.114. The molecule has 1 saturated heterocycles. The summed E-state index contributed by atoms with van der Waals surface area (Å²) in [6.45, 7) is 8.72. The number of hydrogen-bond donors (Lipinski definition) is 1. The van der Waals surface area contributed by atoms with Gasteiger partial charge in [0, 0.05) is 31.8 Å². The van der Waals surface area contributed by atoms with Crippen LogP contribution < -0.4 is 5.32 Å². The van der Waals surface area contributed by atoms with E-state index in [4.69, 9.17) is 4.74 Å². The Labute approximate surface area is 104 Å². The van der Waals surface area contributed by atoms with Gasteiger partial charge in [-0.3, -0.25) is 4.79 Å². The number of nitrogens with one attached hydrogen (secondary N) is 1. The molecule has 1 rings (SSSR count). The van der Waals surface area contributed by atoms with Gasteiger partial charge in [0.05, 0.1) is 0 Å². The van der Waals surface area contributed by atoms with Crippen LogP contribution in [0.4, 0.5) is 0 Å². The Bertz CT molecular complexity index is 204. The summed E-state index contributed by atoms with van der Waals surface area (Å²) in [6.07, 6.45) is 0.960. The predicted octanol–water partition coefficient (Wildman–Crippen LogP) is 1.04. The molecule has 0 aliphatic carbocycles. The Kier molecular flexibility index (Phi) is 7.72. The van der Waals surface area contributed by atoms with Crippen molar-refractivity contribution in [1.82, 2.24) is 10.2 Å². The zero-order valence-corrected chi connectivity index (χ0v) is 11.2. The topological polar surface area (TPSA) is 41.6 Å². The number of nitrogens with zero attached hydrogens (tertiary/aromatic N) is 1. The molecule has 1 N–H and O–H groups in total. The van der Waals surface area contributed by atoms with E-state index in [1.165, 1.54) is 0 Å². The van der Waals surface area contributed by atoms with E-state index >= 15 is 0 Å². The van der Waals surface area contributed by atoms with Gasteiger partial charge in [-0.25, -0.2) is 0 Å². The molecule has 1 amide bonds. The van der Waals surface area contributed by atoms with Crippen LogP contribution in [0.3, 0.4) is 0 Å². The molecule has 96 valence electrons. The first-order valence-corrected chi connectivity index (χ1v) is 5.75. The van der Waals surface area contributed by atoms with Crippen LogP contribution in [0.5, 0.6) is 0 Å². The van der Waals surface area contributed by atoms with Crippen molar-refractivity contribution >= 4 is 18.3 Å². The van der Waals surface area contributed by atoms with Gasteiger partial charge in [0.1, 0.15) is 6.61 Å². The normalized spacial score (nSPS) is 25.1. The van der Waals surface area contributed by atoms with Crippen molar-refractivity contribution in [1.29, 1.82) is 0 Å². The first-order valence-electron chi connectivity index (χ1n) is 5.75. The quantitative estimate of drug-likeness (QED) is 0.759. The Morgan fingerprint density at radius 3 is 2.44 bits per heavy atom. The monoisotopic (exact) mass is 250 g/mol. The molecular weight excluding hydrogens is 228 g/mol. The van der Waals surface area contributed by atoms with Gasteiger partial charge in [0.25, 0.3) is 0 Å². The average molecular weight is 251 g/mol. The number of carbonyl (C=O) groups excluding carboxylic acids is 1. The smallest absolute Gasteiger partial charge is 0.248 e. The summed E-state index contributed by atoms with van der Waals surface area (Å²) < 4.78 is 5.26. The molecule has 0 bridgehead atoms. The van der Waals surface area contributed by atoms with Crippen LogP contribution in [0, 0.1) is 0 Å². The third-order valence-electron chi connectivity index (χ3n) is 2.48. The maximum Gasteiger partial charge on any atom is 0.248 e. The molecular formula is C11H23ClN2O2. The number of amides is 1. The van der Waals surface area contributed by atoms with E-state index in [-0.39, 0.29) is 24.9 Å². The van der Waals surface area contributed by atoms with Crippen LogP contribution >= 0.6 is 12.4 Å². The average Bonchev–Trinajstić information content (AvgIpc) is 2.16. The molecule has 4 nitrogen and oxygen atoms in total. The minimum Gasteiger partial charge on any atom is -0.372 e. The predicted molar refractivity (Wildman–Crippen MR) is 67.0 cm³/mol. The van der Waals surface area contributed by atoms with Gasteiger partial charge >= 0.3 is 0 Å². The Balaban J connectivity index is 0.00000225. The minimum atomic E-state index is 0. The van der Waals surface area contributed by atoms with Gasteiger partial charge in [-0.1, -0.05) is 6.92 Å². The first-order chi connectivity index (χ1) is 7.13. The number of rotatable bonds is 4. The third-order valence-corrected chi connectivity index (χ3v) is 2.48. The number of hydrogen-bond acceptors (Lipinski definition) is 3. The molecule has 0 aromatic rings. The maximum atomic E-state index is 11.7. The summed E-state index contributed by atoms with van der Waals surface area (Å²) in [7, 11) is 0. The summed E-state index contributed by atoms with van der Waals surface area (Å²) in [6, 6.07) is 0.757. The van der Waals surface area contributed by atoms with E-state index in [1.807, 2.05) is 11.8 Å². The van der Waals surface area contributed by atoms with E-state index in [9.17, 15) is 4.79 Å². The molecule has 1 aliphatic heterocycles. The zero-order valence-electron chi connectivity index (χ0n) is 10.4. The van der Waals surface area contributed by atoms with Crippen molar-refractivity contribution in [2.45, 2.75) is 39.3 Å². The first kappa shape index (κ1) is 15.7. The van der Waals surface area contributed by atoms with Crippen LogP contribution in [0.2, 0.25) is 0 Å². The van der Waals surface area contributed by atoms with E-state index < -0.39 is 0 Å². The molecule has 16 heavy (non-hydrogen) atoms. The molecule has 0 aromatic heterocycles. The minimum absolute atomic E-state index is 0. The molecule has 1 aliphatic rings. The molecule has 0 saturated carbocycles. The van der Waals surface area contributed by atoms with Crippen LogP contribution in [0.25, 0.3) is 0 Å². The summed E-state index contributed by atoms with van der Waals surface area (Å²) in [5, 5.41) is 3.40. The van der Waals surface area contributed by atoms with E-state index in [0.717, 1.165) is 19.5 Å². The lowest BCUT2D eigenvalue weighted by Crippen LogP contribution is -2.56. The molecule has 2 unspecified atom stereocenters. The Morgan fingerprint density at radius 2 is 1.94 bits per heavy atom. The molecule has 0 radical (unpaired) electrons. The maximum absolute atomic E-state index is 11.7. The van der Waals surface area contributed by atoms with Crippen molar-refractivity contribution in [3.8, 4) is 0 Å². The van der Waals surface area contributed by atoms with Crippen LogP contribution in [-0.4, -0.2) is 49.2 Å². The summed E-state index contributed by atoms with van der Waals surface area (Å²) >= 11 is 0. The van der Waals surface area contributed by atoms with Crippen LogP contribution in [0.1, 0.15) is 27.2 Å². The molecule has 0 aromatic carbocycles. The number of ether oxygens (including phenoxy) is 1. The zero-order chi connectivity index (χ0) is 11.3. The number of piperazine rings is 1. The molecule has 1 heterocycles. The molecule has 0 spiro atoms. The Hall–Kier alpha value is -0.320. The molecule has 1 fully saturated rings. The van der Waals surface area contributed by atoms with Crippen molar-refractivity contribution in [2.24, 2.45) is 0 Å². The van der Waals surface area contributed by atoms with Gasteiger partial charge in [-0.2, -0.15) is 0 Å². The lowest BCUT2D eigenvalue weighted by atomic mass is 10.1. The van der Waals surface area contributed by atoms with Crippen molar-refractivity contribution in [3.05, 3.63) is 0 Å². The van der Waals surface area contributed by atoms with Crippen molar-refractivity contribution < 1.29 is 9.53 Å². The van der Waals surface area contributed by atoms with Gasteiger partial charge in [-0.15, -0.1) is 12.4 Å². The summed E-state index contributed by atoms with van der Waals surface area (Å²) in [4.78, 5) is 13.6. The highest BCUT2D eigenvalue weighted by molar-refractivity contribution is 5.85. The second-order valence-corrected chi connectivity index (χ2v) is 4.32. The summed E-state index contributed by atoms with van der Waals surface area (Å²) in [5.41, 5.74) is 0. The van der Waals surface area contributed by atoms with Gasteiger partial charge in [0.15, 0.2) is 0 Å². The second-order valence-electron chi connectivity index (χ2n) is 4.32. The van der Waals surface area contributed by atoms with Gasteiger partial charge in [-0.05, 0) is 20.3 Å². The fourth-order valence-electron chi connectivity index (χ4n) is 1.93. The number of carbonyl (C=O) groups is 1. The lowest BCUT2D eigenvalue weighted by Gasteiger charge is -2.36. The third kappa shape index (κ3) is 5.14. The highest BCUT2D eigenvalue weighted by Crippen LogP contribution is 2.04. The highest BCUT2D eigenvalue weighted by atomic mass is 35.5. The largest absolute Gasteiger partial charge is 0.372 e. The van der Waals surface area contributed by atoms with Crippen LogP contribution in [-0.2, 0) is 9.53 Å². The van der Waals surface area contributed by atoms with Crippen molar-refractivity contribution in [2.75, 3.05) is 26.3 Å². The standard InChI is InChI=1S/C11H22N2O2.ClH/c1-4-5-15-8-11(14)13-6-9(2)12-10(3)7-13;/h9-10,12H,4-8H2,1-3H3;1H. The lowest BCUT2D eigenvalue weighted by molar-refractivity contribution is -0.137. The second kappa shape index (κ2) is 7.87.